The van der Waals surface area contributed by atoms with E-state index in [0.717, 1.165) is 5.56 Å². The molecule has 1 amide bonds. The summed E-state index contributed by atoms with van der Waals surface area (Å²) in [7, 11) is 3.05. The minimum atomic E-state index is -1.31. The van der Waals surface area contributed by atoms with Gasteiger partial charge in [-0.2, -0.15) is 0 Å². The number of carbonyl (C=O) groups excluding carboxylic acids is 1. The summed E-state index contributed by atoms with van der Waals surface area (Å²) < 4.78 is 10.4. The maximum Gasteiger partial charge on any atom is 0.329 e. The molecule has 0 aliphatic rings. The number of benzene rings is 1. The van der Waals surface area contributed by atoms with Crippen LogP contribution in [0.5, 0.6) is 11.5 Å². The van der Waals surface area contributed by atoms with Crippen molar-refractivity contribution in [3.05, 3.63) is 23.8 Å². The van der Waals surface area contributed by atoms with Gasteiger partial charge in [-0.1, -0.05) is 6.07 Å². The van der Waals surface area contributed by atoms with Crippen LogP contribution < -0.4 is 9.47 Å². The molecule has 6 nitrogen and oxygen atoms in total. The van der Waals surface area contributed by atoms with E-state index in [0.29, 0.717) is 24.5 Å². The first-order valence-electron chi connectivity index (χ1n) is 6.59. The average molecular weight is 295 g/mol. The molecular weight excluding hydrogens is 274 g/mol. The number of hydrogen-bond acceptors (Lipinski definition) is 4. The summed E-state index contributed by atoms with van der Waals surface area (Å²) in [4.78, 5) is 24.0. The van der Waals surface area contributed by atoms with Crippen LogP contribution in [0, 0.1) is 0 Å². The van der Waals surface area contributed by atoms with Crippen LogP contribution in [0.25, 0.3) is 0 Å². The Balaban J connectivity index is 3.15. The van der Waals surface area contributed by atoms with Crippen molar-refractivity contribution in [3.63, 3.8) is 0 Å². The first-order chi connectivity index (χ1) is 9.92. The van der Waals surface area contributed by atoms with Crippen molar-refractivity contribution in [3.8, 4) is 11.5 Å². The molecule has 0 saturated heterocycles. The highest BCUT2D eigenvalue weighted by Gasteiger charge is 2.38. The number of rotatable bonds is 8. The molecule has 1 aromatic carbocycles. The molecule has 0 aliphatic heterocycles. The number of hydrogen-bond donors (Lipinski definition) is 1. The van der Waals surface area contributed by atoms with E-state index < -0.39 is 11.5 Å². The van der Waals surface area contributed by atoms with Gasteiger partial charge in [0.25, 0.3) is 0 Å². The average Bonchev–Trinajstić information content (AvgIpc) is 2.48. The first-order valence-corrected chi connectivity index (χ1v) is 6.59. The van der Waals surface area contributed by atoms with Gasteiger partial charge in [-0.05, 0) is 31.5 Å². The SMILES string of the molecule is CCN(C=O)C(C)(Cc1ccc(OC)c(OC)c1)C(=O)O. The Morgan fingerprint density at radius 1 is 1.33 bits per heavy atom. The first kappa shape index (κ1) is 16.8. The Labute approximate surface area is 124 Å². The van der Waals surface area contributed by atoms with Crippen molar-refractivity contribution in [2.75, 3.05) is 20.8 Å². The van der Waals surface area contributed by atoms with Gasteiger partial charge in [-0.3, -0.25) is 4.79 Å². The van der Waals surface area contributed by atoms with Crippen molar-refractivity contribution in [1.82, 2.24) is 4.90 Å². The Morgan fingerprint density at radius 2 is 1.95 bits per heavy atom. The molecule has 0 radical (unpaired) electrons. The Hall–Kier alpha value is -2.24. The van der Waals surface area contributed by atoms with Crippen LogP contribution >= 0.6 is 0 Å². The third-order valence-corrected chi connectivity index (χ3v) is 3.56. The molecule has 1 aromatic rings. The van der Waals surface area contributed by atoms with Crippen molar-refractivity contribution in [2.45, 2.75) is 25.8 Å². The minimum Gasteiger partial charge on any atom is -0.493 e. The molecule has 0 heterocycles. The maximum atomic E-state index is 11.6. The van der Waals surface area contributed by atoms with Gasteiger partial charge >= 0.3 is 5.97 Å². The summed E-state index contributed by atoms with van der Waals surface area (Å²) in [6, 6.07) is 5.20. The van der Waals surface area contributed by atoms with Crippen LogP contribution in [-0.4, -0.2) is 48.7 Å². The summed E-state index contributed by atoms with van der Waals surface area (Å²) in [5, 5.41) is 9.50. The Kier molecular flexibility index (Phi) is 5.58. The molecule has 0 fully saturated rings. The highest BCUT2D eigenvalue weighted by atomic mass is 16.5. The highest BCUT2D eigenvalue weighted by Crippen LogP contribution is 2.30. The Bertz CT molecular complexity index is 517. The van der Waals surface area contributed by atoms with Gasteiger partial charge in [0.2, 0.25) is 6.41 Å². The fourth-order valence-corrected chi connectivity index (χ4v) is 2.23. The molecule has 116 valence electrons. The summed E-state index contributed by atoms with van der Waals surface area (Å²) >= 11 is 0. The summed E-state index contributed by atoms with van der Waals surface area (Å²) in [5.41, 5.74) is -0.561. The lowest BCUT2D eigenvalue weighted by Crippen LogP contribution is -2.53. The van der Waals surface area contributed by atoms with Crippen LogP contribution in [0.3, 0.4) is 0 Å². The molecule has 1 rings (SSSR count). The topological polar surface area (TPSA) is 76.1 Å². The number of nitrogens with zero attached hydrogens (tertiary/aromatic N) is 1. The number of carboxylic acids is 1. The van der Waals surface area contributed by atoms with Crippen LogP contribution in [0.2, 0.25) is 0 Å². The molecule has 0 aliphatic carbocycles. The second-order valence-corrected chi connectivity index (χ2v) is 4.84. The van der Waals surface area contributed by atoms with Gasteiger partial charge < -0.3 is 19.5 Å². The van der Waals surface area contributed by atoms with E-state index in [4.69, 9.17) is 9.47 Å². The number of carbonyl (C=O) groups is 2. The van der Waals surface area contributed by atoms with Crippen molar-refractivity contribution < 1.29 is 24.2 Å². The van der Waals surface area contributed by atoms with Gasteiger partial charge in [0.05, 0.1) is 14.2 Å². The van der Waals surface area contributed by atoms with E-state index in [2.05, 4.69) is 0 Å². The van der Waals surface area contributed by atoms with E-state index >= 15 is 0 Å². The van der Waals surface area contributed by atoms with E-state index in [1.54, 1.807) is 25.1 Å². The molecular formula is C15H21NO5. The van der Waals surface area contributed by atoms with E-state index in [9.17, 15) is 14.7 Å². The lowest BCUT2D eigenvalue weighted by atomic mass is 9.91. The number of amides is 1. The lowest BCUT2D eigenvalue weighted by Gasteiger charge is -2.34. The molecule has 1 N–H and O–H groups in total. The molecule has 6 heteroatoms. The normalized spacial score (nSPS) is 13.1. The number of methoxy groups -OCH3 is 2. The summed E-state index contributed by atoms with van der Waals surface area (Å²) in [6.45, 7) is 3.59. The molecule has 0 spiro atoms. The summed E-state index contributed by atoms with van der Waals surface area (Å²) in [5.74, 6) is 0.0455. The van der Waals surface area contributed by atoms with Crippen molar-refractivity contribution in [1.29, 1.82) is 0 Å². The molecule has 0 saturated carbocycles. The molecule has 1 unspecified atom stereocenters. The van der Waals surface area contributed by atoms with Gasteiger partial charge in [0.15, 0.2) is 11.5 Å². The van der Waals surface area contributed by atoms with Crippen molar-refractivity contribution in [2.24, 2.45) is 0 Å². The van der Waals surface area contributed by atoms with Crippen LogP contribution in [0.15, 0.2) is 18.2 Å². The zero-order valence-corrected chi connectivity index (χ0v) is 12.8. The second-order valence-electron chi connectivity index (χ2n) is 4.84. The Morgan fingerprint density at radius 3 is 2.38 bits per heavy atom. The van der Waals surface area contributed by atoms with Crippen LogP contribution in [0.4, 0.5) is 0 Å². The number of carboxylic acid groups (broad SMARTS) is 1. The van der Waals surface area contributed by atoms with E-state index in [-0.39, 0.29) is 6.42 Å². The monoisotopic (exact) mass is 295 g/mol. The zero-order valence-electron chi connectivity index (χ0n) is 12.8. The predicted octanol–water partition coefficient (Wildman–Crippen LogP) is 1.57. The largest absolute Gasteiger partial charge is 0.493 e. The van der Waals surface area contributed by atoms with Gasteiger partial charge in [-0.25, -0.2) is 4.79 Å². The van der Waals surface area contributed by atoms with Crippen LogP contribution in [-0.2, 0) is 16.0 Å². The fourth-order valence-electron chi connectivity index (χ4n) is 2.23. The van der Waals surface area contributed by atoms with Gasteiger partial charge in [-0.15, -0.1) is 0 Å². The summed E-state index contributed by atoms with van der Waals surface area (Å²) in [6.07, 6.45) is 0.740. The maximum absolute atomic E-state index is 11.6. The number of aliphatic carboxylic acids is 1. The third kappa shape index (κ3) is 3.45. The molecule has 0 bridgehead atoms. The van der Waals surface area contributed by atoms with Gasteiger partial charge in [0, 0.05) is 13.0 Å². The van der Waals surface area contributed by atoms with Crippen molar-refractivity contribution >= 4 is 12.4 Å². The fraction of sp³-hybridized carbons (Fsp3) is 0.467. The molecule has 21 heavy (non-hydrogen) atoms. The smallest absolute Gasteiger partial charge is 0.329 e. The highest BCUT2D eigenvalue weighted by molar-refractivity contribution is 5.81. The molecule has 1 atom stereocenters. The van der Waals surface area contributed by atoms with Crippen LogP contribution in [0.1, 0.15) is 19.4 Å². The standard InChI is InChI=1S/C15H21NO5/c1-5-16(10-17)15(2,14(18)19)9-11-6-7-12(20-3)13(8-11)21-4/h6-8,10H,5,9H2,1-4H3,(H,18,19). The van der Waals surface area contributed by atoms with Gasteiger partial charge in [0.1, 0.15) is 5.54 Å². The van der Waals surface area contributed by atoms with E-state index in [1.165, 1.54) is 26.0 Å². The van der Waals surface area contributed by atoms with E-state index in [1.807, 2.05) is 0 Å². The zero-order chi connectivity index (χ0) is 16.0. The quantitative estimate of drug-likeness (QED) is 0.737. The second kappa shape index (κ2) is 6.97. The number of likely N-dealkylation sites (N-methyl/N-ethyl adjacent to an activating group) is 1. The predicted molar refractivity (Wildman–Crippen MR) is 77.7 cm³/mol. The lowest BCUT2D eigenvalue weighted by molar-refractivity contribution is -0.153. The third-order valence-electron chi connectivity index (χ3n) is 3.56. The minimum absolute atomic E-state index is 0.176. The molecule has 0 aromatic heterocycles. The number of ether oxygens (including phenoxy) is 2.